The van der Waals surface area contributed by atoms with E-state index in [0.29, 0.717) is 0 Å². The highest BCUT2D eigenvalue weighted by Crippen LogP contribution is 2.71. The van der Waals surface area contributed by atoms with E-state index in [0.717, 1.165) is 0 Å². The normalized spacial score (nSPS) is 30.7. The molecule has 3 unspecified atom stereocenters. The van der Waals surface area contributed by atoms with Gasteiger partial charge in [0.05, 0.1) is 0 Å². The number of allylic oxidation sites excluding steroid dienone is 2. The fourth-order valence-corrected chi connectivity index (χ4v) is 2.71. The molecule has 0 aromatic carbocycles. The predicted molar refractivity (Wildman–Crippen MR) is 53.7 cm³/mol. The van der Waals surface area contributed by atoms with Gasteiger partial charge < -0.3 is 4.74 Å². The molecule has 0 aliphatic carbocycles. The van der Waals surface area contributed by atoms with Crippen LogP contribution in [0.1, 0.15) is 6.92 Å². The number of alkyl halides is 14. The summed E-state index contributed by atoms with van der Waals surface area (Å²) >= 11 is 0. The predicted octanol–water partition coefficient (Wildman–Crippen LogP) is 5.78. The summed E-state index contributed by atoms with van der Waals surface area (Å²) in [6.45, 7) is 0.231. The van der Waals surface area contributed by atoms with Crippen molar-refractivity contribution in [3.63, 3.8) is 0 Å². The first kappa shape index (κ1) is 22.6. The van der Waals surface area contributed by atoms with Gasteiger partial charge in [-0.15, -0.1) is 0 Å². The Labute approximate surface area is 134 Å². The highest BCUT2D eigenvalue weighted by molar-refractivity contribution is 5.28. The fraction of sp³-hybridized carbons (Fsp3) is 0.818. The van der Waals surface area contributed by atoms with E-state index in [1.54, 1.807) is 0 Å². The molecule has 0 bridgehead atoms. The maximum absolute atomic E-state index is 13.7. The minimum atomic E-state index is -7.29. The topological polar surface area (TPSA) is 9.23 Å². The molecule has 0 aromatic rings. The maximum atomic E-state index is 13.7. The minimum absolute atomic E-state index is 0.231. The number of rotatable bonds is 1. The Morgan fingerprint density at radius 2 is 1.19 bits per heavy atom. The molecule has 26 heavy (non-hydrogen) atoms. The van der Waals surface area contributed by atoms with E-state index in [9.17, 15) is 61.5 Å². The summed E-state index contributed by atoms with van der Waals surface area (Å²) in [7, 11) is 0. The lowest BCUT2D eigenvalue weighted by atomic mass is 9.67. The highest BCUT2D eigenvalue weighted by Gasteiger charge is 2.91. The second kappa shape index (κ2) is 5.78. The monoisotopic (exact) mass is 420 g/mol. The van der Waals surface area contributed by atoms with E-state index in [1.165, 1.54) is 0 Å². The van der Waals surface area contributed by atoms with Gasteiger partial charge in [-0.1, -0.05) is 0 Å². The molecule has 0 saturated carbocycles. The van der Waals surface area contributed by atoms with Gasteiger partial charge in [-0.05, 0) is 13.0 Å². The Morgan fingerprint density at radius 1 is 0.769 bits per heavy atom. The second-order valence-electron chi connectivity index (χ2n) is 5.13. The van der Waals surface area contributed by atoms with Crippen molar-refractivity contribution in [3.05, 3.63) is 11.8 Å². The van der Waals surface area contributed by atoms with Crippen molar-refractivity contribution >= 4 is 0 Å². The molecule has 0 aromatic heterocycles. The van der Waals surface area contributed by atoms with Gasteiger partial charge >= 0.3 is 30.6 Å². The van der Waals surface area contributed by atoms with Crippen LogP contribution in [-0.2, 0) is 4.74 Å². The van der Waals surface area contributed by atoms with Crippen LogP contribution in [-0.4, -0.2) is 36.7 Å². The molecule has 1 saturated heterocycles. The van der Waals surface area contributed by atoms with Gasteiger partial charge in [0.2, 0.25) is 11.5 Å². The summed E-state index contributed by atoms with van der Waals surface area (Å²) in [5, 5.41) is 0. The molecule has 1 heterocycles. The standard InChI is InChI=1S/C11H6F14O/c1-2-3-6(10(20,21)22,9(18,19)11(23,24)25)4(7(12,13)14)5(26-3)8(15,16)17/h2,4-5H,1H3. The van der Waals surface area contributed by atoms with Gasteiger partial charge in [0.15, 0.2) is 0 Å². The third kappa shape index (κ3) is 2.96. The maximum Gasteiger partial charge on any atom is 0.454 e. The highest BCUT2D eigenvalue weighted by atomic mass is 19.4. The van der Waals surface area contributed by atoms with E-state index in [2.05, 4.69) is 4.74 Å². The average molecular weight is 420 g/mol. The first-order valence-corrected chi connectivity index (χ1v) is 6.15. The van der Waals surface area contributed by atoms with Crippen molar-refractivity contribution in [2.45, 2.75) is 43.7 Å². The largest absolute Gasteiger partial charge is 0.484 e. The van der Waals surface area contributed by atoms with Crippen LogP contribution in [0.4, 0.5) is 61.5 Å². The van der Waals surface area contributed by atoms with Gasteiger partial charge in [-0.25, -0.2) is 0 Å². The third-order valence-electron chi connectivity index (χ3n) is 3.65. The summed E-state index contributed by atoms with van der Waals surface area (Å²) in [6, 6.07) is 0. The molecule has 1 fully saturated rings. The van der Waals surface area contributed by atoms with Crippen molar-refractivity contribution in [1.82, 2.24) is 0 Å². The Kier molecular flexibility index (Phi) is 5.02. The molecular weight excluding hydrogens is 414 g/mol. The number of ether oxygens (including phenoxy) is 1. The molecule has 1 aliphatic heterocycles. The lowest BCUT2D eigenvalue weighted by molar-refractivity contribution is -0.404. The Bertz CT molecular complexity index is 561. The number of hydrogen-bond acceptors (Lipinski definition) is 1. The molecule has 1 nitrogen and oxygen atoms in total. The summed E-state index contributed by atoms with van der Waals surface area (Å²) in [5.41, 5.74) is -6.36. The van der Waals surface area contributed by atoms with Crippen molar-refractivity contribution < 1.29 is 66.2 Å². The molecule has 15 heteroatoms. The van der Waals surface area contributed by atoms with Crippen LogP contribution >= 0.6 is 0 Å². The SMILES string of the molecule is CC=C1OC(C(F)(F)F)C(C(F)(F)F)C1(C(F)(F)F)C(F)(F)C(F)(F)F. The van der Waals surface area contributed by atoms with E-state index in [-0.39, 0.29) is 6.92 Å². The summed E-state index contributed by atoms with van der Waals surface area (Å²) < 4.78 is 185. The summed E-state index contributed by atoms with van der Waals surface area (Å²) in [4.78, 5) is 0. The van der Waals surface area contributed by atoms with Crippen LogP contribution in [0.15, 0.2) is 11.8 Å². The van der Waals surface area contributed by atoms with E-state index >= 15 is 0 Å². The lowest BCUT2D eigenvalue weighted by Crippen LogP contribution is -2.66. The summed E-state index contributed by atoms with van der Waals surface area (Å²) in [6.07, 6.45) is -32.6. The number of hydrogen-bond donors (Lipinski definition) is 0. The molecule has 0 N–H and O–H groups in total. The third-order valence-corrected chi connectivity index (χ3v) is 3.65. The van der Waals surface area contributed by atoms with Crippen LogP contribution in [0.3, 0.4) is 0 Å². The molecule has 0 radical (unpaired) electrons. The fourth-order valence-electron chi connectivity index (χ4n) is 2.71. The zero-order valence-corrected chi connectivity index (χ0v) is 11.9. The van der Waals surface area contributed by atoms with Gasteiger partial charge in [0.25, 0.3) is 0 Å². The van der Waals surface area contributed by atoms with Crippen molar-refractivity contribution in [2.24, 2.45) is 11.3 Å². The van der Waals surface area contributed by atoms with Crippen molar-refractivity contribution in [2.75, 3.05) is 0 Å². The van der Waals surface area contributed by atoms with Gasteiger partial charge in [0, 0.05) is 0 Å². The molecule has 1 rings (SSSR count). The molecular formula is C11H6F14O. The summed E-state index contributed by atoms with van der Waals surface area (Å²) in [5.74, 6) is -15.4. The van der Waals surface area contributed by atoms with Gasteiger partial charge in [-0.3, -0.25) is 0 Å². The quantitative estimate of drug-likeness (QED) is 0.489. The van der Waals surface area contributed by atoms with Crippen molar-refractivity contribution in [1.29, 1.82) is 0 Å². The van der Waals surface area contributed by atoms with Crippen LogP contribution in [0.5, 0.6) is 0 Å². The first-order chi connectivity index (χ1) is 11.2. The molecule has 3 atom stereocenters. The zero-order chi connectivity index (χ0) is 21.1. The smallest absolute Gasteiger partial charge is 0.454 e. The second-order valence-corrected chi connectivity index (χ2v) is 5.13. The Hall–Kier alpha value is -1.44. The molecule has 0 spiro atoms. The average Bonchev–Trinajstić information content (AvgIpc) is 2.72. The van der Waals surface area contributed by atoms with E-state index in [4.69, 9.17) is 0 Å². The van der Waals surface area contributed by atoms with E-state index < -0.39 is 59.9 Å². The molecule has 0 amide bonds. The number of halogens is 14. The van der Waals surface area contributed by atoms with Crippen LogP contribution in [0, 0.1) is 11.3 Å². The van der Waals surface area contributed by atoms with Crippen molar-refractivity contribution in [3.8, 4) is 0 Å². The Balaban J connectivity index is 4.07. The first-order valence-electron chi connectivity index (χ1n) is 6.15. The Morgan fingerprint density at radius 3 is 1.42 bits per heavy atom. The van der Waals surface area contributed by atoms with Crippen LogP contribution in [0.2, 0.25) is 0 Å². The zero-order valence-electron chi connectivity index (χ0n) is 11.9. The van der Waals surface area contributed by atoms with E-state index in [1.807, 2.05) is 0 Å². The van der Waals surface area contributed by atoms with Crippen LogP contribution < -0.4 is 0 Å². The van der Waals surface area contributed by atoms with Gasteiger partial charge in [0.1, 0.15) is 11.7 Å². The minimum Gasteiger partial charge on any atom is -0.484 e. The molecule has 1 aliphatic rings. The lowest BCUT2D eigenvalue weighted by Gasteiger charge is -2.42. The van der Waals surface area contributed by atoms with Crippen LogP contribution in [0.25, 0.3) is 0 Å². The molecule has 154 valence electrons. The van der Waals surface area contributed by atoms with Gasteiger partial charge in [-0.2, -0.15) is 61.5 Å².